The van der Waals surface area contributed by atoms with E-state index in [1.165, 1.54) is 0 Å². The number of halogens is 1. The Morgan fingerprint density at radius 3 is 2.76 bits per heavy atom. The fourth-order valence-corrected chi connectivity index (χ4v) is 3.01. The zero-order valence-electron chi connectivity index (χ0n) is 13.3. The topological polar surface area (TPSA) is 59.7 Å². The van der Waals surface area contributed by atoms with Gasteiger partial charge in [-0.25, -0.2) is 4.98 Å². The van der Waals surface area contributed by atoms with E-state index in [1.54, 1.807) is 31.5 Å². The lowest BCUT2D eigenvalue weighted by atomic mass is 10.2. The van der Waals surface area contributed by atoms with Gasteiger partial charge in [-0.15, -0.1) is 0 Å². The number of ether oxygens (including phenoxy) is 1. The monoisotopic (exact) mass is 351 g/mol. The average Bonchev–Trinajstić information content (AvgIpc) is 3.03. The van der Waals surface area contributed by atoms with Gasteiger partial charge in [0.05, 0.1) is 23.2 Å². The van der Waals surface area contributed by atoms with E-state index in [9.17, 15) is 5.11 Å². The molecule has 0 atom stereocenters. The number of fused-ring (bicyclic) bond motifs is 1. The first-order valence-electron chi connectivity index (χ1n) is 7.65. The average molecular weight is 352 g/mol. The molecule has 0 aliphatic heterocycles. The normalized spacial score (nSPS) is 11.0. The van der Waals surface area contributed by atoms with Crippen LogP contribution in [-0.4, -0.2) is 26.6 Å². The van der Waals surface area contributed by atoms with Crippen molar-refractivity contribution in [1.29, 1.82) is 0 Å². The Morgan fingerprint density at radius 1 is 1.04 bits per heavy atom. The van der Waals surface area contributed by atoms with Crippen LogP contribution >= 0.6 is 11.6 Å². The second kappa shape index (κ2) is 6.11. The van der Waals surface area contributed by atoms with E-state index in [-0.39, 0.29) is 10.8 Å². The zero-order valence-corrected chi connectivity index (χ0v) is 14.1. The van der Waals surface area contributed by atoms with Gasteiger partial charge in [-0.1, -0.05) is 23.7 Å². The molecule has 3 heterocycles. The van der Waals surface area contributed by atoms with Crippen LogP contribution in [0.3, 0.4) is 0 Å². The highest BCUT2D eigenvalue weighted by Crippen LogP contribution is 2.38. The molecule has 0 bridgehead atoms. The molecular weight excluding hydrogens is 338 g/mol. The summed E-state index contributed by atoms with van der Waals surface area (Å²) in [6.07, 6.45) is 3.58. The summed E-state index contributed by atoms with van der Waals surface area (Å²) in [7, 11) is 1.60. The first-order chi connectivity index (χ1) is 12.2. The van der Waals surface area contributed by atoms with Gasteiger partial charge in [-0.2, -0.15) is 0 Å². The SMILES string of the molecule is COc1cccnc1-c1nc(-c2cccc(Cl)c2O)n2ccccc12. The molecule has 5 nitrogen and oxygen atoms in total. The number of nitrogens with zero attached hydrogens (tertiary/aromatic N) is 3. The number of phenols is 1. The van der Waals surface area contributed by atoms with Gasteiger partial charge in [-0.3, -0.25) is 9.38 Å². The van der Waals surface area contributed by atoms with Crippen LogP contribution in [0.15, 0.2) is 60.9 Å². The number of methoxy groups -OCH3 is 1. The highest BCUT2D eigenvalue weighted by atomic mass is 35.5. The van der Waals surface area contributed by atoms with Gasteiger partial charge in [0.1, 0.15) is 28.7 Å². The van der Waals surface area contributed by atoms with E-state index in [0.717, 1.165) is 5.52 Å². The second-order valence-corrected chi connectivity index (χ2v) is 5.84. The summed E-state index contributed by atoms with van der Waals surface area (Å²) < 4.78 is 7.32. The fourth-order valence-electron chi connectivity index (χ4n) is 2.83. The Labute approximate surface area is 149 Å². The fraction of sp³-hybridized carbons (Fsp3) is 0.0526. The number of hydrogen-bond donors (Lipinski definition) is 1. The van der Waals surface area contributed by atoms with Gasteiger partial charge in [0.15, 0.2) is 0 Å². The first kappa shape index (κ1) is 15.5. The quantitative estimate of drug-likeness (QED) is 0.593. The van der Waals surface area contributed by atoms with Crippen LogP contribution < -0.4 is 4.74 Å². The first-order valence-corrected chi connectivity index (χ1v) is 8.03. The van der Waals surface area contributed by atoms with Crippen molar-refractivity contribution >= 4 is 17.1 Å². The second-order valence-electron chi connectivity index (χ2n) is 5.43. The molecule has 4 rings (SSSR count). The summed E-state index contributed by atoms with van der Waals surface area (Å²) in [4.78, 5) is 9.17. The van der Waals surface area contributed by atoms with Crippen molar-refractivity contribution in [2.24, 2.45) is 0 Å². The van der Waals surface area contributed by atoms with Gasteiger partial charge in [0.25, 0.3) is 0 Å². The predicted molar refractivity (Wildman–Crippen MR) is 97.1 cm³/mol. The molecule has 0 saturated heterocycles. The van der Waals surface area contributed by atoms with Crippen LogP contribution in [-0.2, 0) is 0 Å². The maximum absolute atomic E-state index is 10.4. The summed E-state index contributed by atoms with van der Waals surface area (Å²) in [5.41, 5.74) is 2.72. The third kappa shape index (κ3) is 2.49. The summed E-state index contributed by atoms with van der Waals surface area (Å²) in [6, 6.07) is 14.6. The minimum Gasteiger partial charge on any atom is -0.506 e. The molecule has 4 aromatic rings. The molecule has 0 aliphatic carbocycles. The van der Waals surface area contributed by atoms with Crippen molar-refractivity contribution < 1.29 is 9.84 Å². The molecule has 1 N–H and O–H groups in total. The van der Waals surface area contributed by atoms with E-state index in [2.05, 4.69) is 4.98 Å². The van der Waals surface area contributed by atoms with Crippen molar-refractivity contribution in [1.82, 2.24) is 14.4 Å². The third-order valence-electron chi connectivity index (χ3n) is 3.99. The molecule has 6 heteroatoms. The Morgan fingerprint density at radius 2 is 1.92 bits per heavy atom. The van der Waals surface area contributed by atoms with Gasteiger partial charge >= 0.3 is 0 Å². The number of phenolic OH excluding ortho intramolecular Hbond substituents is 1. The molecule has 0 saturated carbocycles. The molecular formula is C19H14ClN3O2. The predicted octanol–water partition coefficient (Wildman–Crippen LogP) is 4.43. The van der Waals surface area contributed by atoms with E-state index in [0.29, 0.717) is 28.5 Å². The Kier molecular flexibility index (Phi) is 3.78. The van der Waals surface area contributed by atoms with Gasteiger partial charge in [0.2, 0.25) is 0 Å². The van der Waals surface area contributed by atoms with Gasteiger partial charge < -0.3 is 9.84 Å². The number of aromatic hydroxyl groups is 1. The van der Waals surface area contributed by atoms with Crippen molar-refractivity contribution in [2.45, 2.75) is 0 Å². The number of aromatic nitrogens is 3. The standard InChI is InChI=1S/C19H14ClN3O2/c1-25-15-9-5-10-21-17(15)16-14-8-2-3-11-23(14)19(22-16)12-6-4-7-13(20)18(12)24/h2-11,24H,1H3. The lowest BCUT2D eigenvalue weighted by Crippen LogP contribution is -1.91. The molecule has 0 unspecified atom stereocenters. The molecule has 1 aromatic carbocycles. The van der Waals surface area contributed by atoms with Crippen molar-refractivity contribution in [2.75, 3.05) is 7.11 Å². The number of para-hydroxylation sites is 1. The summed E-state index contributed by atoms with van der Waals surface area (Å²) >= 11 is 6.07. The van der Waals surface area contributed by atoms with Crippen molar-refractivity contribution in [3.05, 3.63) is 65.9 Å². The highest BCUT2D eigenvalue weighted by molar-refractivity contribution is 6.32. The molecule has 0 amide bonds. The Hall–Kier alpha value is -3.05. The molecule has 124 valence electrons. The smallest absolute Gasteiger partial charge is 0.149 e. The van der Waals surface area contributed by atoms with Crippen LogP contribution in [0.5, 0.6) is 11.5 Å². The maximum atomic E-state index is 10.4. The molecule has 0 radical (unpaired) electrons. The van der Waals surface area contributed by atoms with Crippen LogP contribution in [0.2, 0.25) is 5.02 Å². The minimum atomic E-state index is -0.000504. The number of imidazole rings is 1. The van der Waals surface area contributed by atoms with E-state index in [1.807, 2.05) is 40.9 Å². The molecule has 0 aliphatic rings. The van der Waals surface area contributed by atoms with Gasteiger partial charge in [0, 0.05) is 12.4 Å². The lowest BCUT2D eigenvalue weighted by molar-refractivity contribution is 0.414. The highest BCUT2D eigenvalue weighted by Gasteiger charge is 2.20. The Balaban J connectivity index is 2.04. The summed E-state index contributed by atoms with van der Waals surface area (Å²) in [5, 5.41) is 10.6. The summed E-state index contributed by atoms with van der Waals surface area (Å²) in [6.45, 7) is 0. The largest absolute Gasteiger partial charge is 0.506 e. The Bertz CT molecular complexity index is 1080. The van der Waals surface area contributed by atoms with E-state index in [4.69, 9.17) is 21.3 Å². The van der Waals surface area contributed by atoms with E-state index < -0.39 is 0 Å². The third-order valence-corrected chi connectivity index (χ3v) is 4.30. The minimum absolute atomic E-state index is 0.000504. The zero-order chi connectivity index (χ0) is 17.4. The van der Waals surface area contributed by atoms with Crippen LogP contribution in [0.1, 0.15) is 0 Å². The molecule has 0 fully saturated rings. The van der Waals surface area contributed by atoms with Crippen LogP contribution in [0.25, 0.3) is 28.3 Å². The van der Waals surface area contributed by atoms with Crippen LogP contribution in [0.4, 0.5) is 0 Å². The molecule has 3 aromatic heterocycles. The van der Waals surface area contributed by atoms with Crippen molar-refractivity contribution in [3.63, 3.8) is 0 Å². The maximum Gasteiger partial charge on any atom is 0.149 e. The molecule has 0 spiro atoms. The number of pyridine rings is 2. The molecule has 25 heavy (non-hydrogen) atoms. The number of rotatable bonds is 3. The number of hydrogen-bond acceptors (Lipinski definition) is 4. The summed E-state index contributed by atoms with van der Waals surface area (Å²) in [5.74, 6) is 1.21. The lowest BCUT2D eigenvalue weighted by Gasteiger charge is -2.05. The number of benzene rings is 1. The van der Waals surface area contributed by atoms with E-state index >= 15 is 0 Å². The van der Waals surface area contributed by atoms with Gasteiger partial charge in [-0.05, 0) is 36.4 Å². The van der Waals surface area contributed by atoms with Crippen LogP contribution in [0, 0.1) is 0 Å². The van der Waals surface area contributed by atoms with Crippen molar-refractivity contribution in [3.8, 4) is 34.3 Å².